The van der Waals surface area contributed by atoms with E-state index >= 15 is 0 Å². The maximum absolute atomic E-state index is 12.4. The highest BCUT2D eigenvalue weighted by Gasteiger charge is 2.18. The van der Waals surface area contributed by atoms with Gasteiger partial charge in [0.2, 0.25) is 5.91 Å². The first-order chi connectivity index (χ1) is 34.0. The van der Waals surface area contributed by atoms with Crippen LogP contribution in [-0.2, 0) is 14.3 Å². The Morgan fingerprint density at radius 3 is 1.12 bits per heavy atom. The molecular formula is C63H115NO5. The molecule has 0 aromatic heterocycles. The number of ether oxygens (including phenoxy) is 1. The second-order valence-electron chi connectivity index (χ2n) is 20.3. The molecule has 0 aromatic carbocycles. The zero-order chi connectivity index (χ0) is 50.0. The van der Waals surface area contributed by atoms with Gasteiger partial charge in [-0.2, -0.15) is 0 Å². The Kier molecular flexibility index (Phi) is 56.1. The second-order valence-corrected chi connectivity index (χ2v) is 20.3. The van der Waals surface area contributed by atoms with Gasteiger partial charge < -0.3 is 20.3 Å². The van der Waals surface area contributed by atoms with Gasteiger partial charge in [-0.1, -0.05) is 254 Å². The normalized spacial score (nSPS) is 13.0. The molecule has 0 fully saturated rings. The first-order valence-corrected chi connectivity index (χ1v) is 30.1. The van der Waals surface area contributed by atoms with Crippen LogP contribution < -0.4 is 5.32 Å². The SMILES string of the molecule is CCCCCC/C=C\C/C=C\CCCCCCCC(=O)OCCCCCCCCCCC/C=C\C/C=C\CCCCCCCCCCCC(=O)NC(CO)C(O)/C=C/CCCCCCCCCCC. The van der Waals surface area contributed by atoms with E-state index in [9.17, 15) is 19.8 Å². The van der Waals surface area contributed by atoms with Crippen molar-refractivity contribution in [3.05, 3.63) is 60.8 Å². The summed E-state index contributed by atoms with van der Waals surface area (Å²) in [5.74, 6) is -0.0821. The molecule has 0 radical (unpaired) electrons. The van der Waals surface area contributed by atoms with Gasteiger partial charge in [0, 0.05) is 12.8 Å². The van der Waals surface area contributed by atoms with Gasteiger partial charge in [-0.05, 0) is 96.3 Å². The molecule has 0 saturated carbocycles. The zero-order valence-electron chi connectivity index (χ0n) is 45.8. The van der Waals surface area contributed by atoms with Crippen LogP contribution in [0.4, 0.5) is 0 Å². The predicted molar refractivity (Wildman–Crippen MR) is 301 cm³/mol. The Labute approximate surface area is 428 Å². The standard InChI is InChI=1S/C63H115NO5/c1-3-5-7-9-11-13-15-16-17-30-33-37-41-45-49-53-57-63(68)69-58-54-50-46-42-38-34-31-28-26-24-22-20-18-19-21-23-25-27-29-32-36-40-44-48-52-56-62(67)64-60(59-65)61(66)55-51-47-43-39-35-14-12-10-8-6-4-2/h13,15,17,19-22,30,51,55,60-61,65-66H,3-12,14,16,18,23-29,31-50,52-54,56-59H2,1-2H3,(H,64,67)/b15-13-,21-19-,22-20-,30-17-,55-51+. The van der Waals surface area contributed by atoms with E-state index in [1.807, 2.05) is 6.08 Å². The van der Waals surface area contributed by atoms with Crippen molar-refractivity contribution >= 4 is 11.9 Å². The van der Waals surface area contributed by atoms with Crippen LogP contribution in [0.2, 0.25) is 0 Å². The smallest absolute Gasteiger partial charge is 0.305 e. The molecule has 2 unspecified atom stereocenters. The number of hydrogen-bond donors (Lipinski definition) is 3. The molecule has 0 spiro atoms. The number of aliphatic hydroxyl groups is 2. The summed E-state index contributed by atoms with van der Waals surface area (Å²) >= 11 is 0. The average molecular weight is 967 g/mol. The Bertz CT molecular complexity index is 1210. The van der Waals surface area contributed by atoms with Crippen LogP contribution in [0.15, 0.2) is 60.8 Å². The molecule has 6 nitrogen and oxygen atoms in total. The van der Waals surface area contributed by atoms with Gasteiger partial charge >= 0.3 is 5.97 Å². The van der Waals surface area contributed by atoms with Crippen LogP contribution in [0, 0.1) is 0 Å². The van der Waals surface area contributed by atoms with Crippen LogP contribution in [0.3, 0.4) is 0 Å². The molecule has 69 heavy (non-hydrogen) atoms. The van der Waals surface area contributed by atoms with Crippen LogP contribution in [0.25, 0.3) is 0 Å². The fourth-order valence-electron chi connectivity index (χ4n) is 8.87. The molecular weight excluding hydrogens is 851 g/mol. The Morgan fingerprint density at radius 2 is 0.725 bits per heavy atom. The number of nitrogens with one attached hydrogen (secondary N) is 1. The number of amides is 1. The average Bonchev–Trinajstić information content (AvgIpc) is 3.35. The van der Waals surface area contributed by atoms with Gasteiger partial charge in [0.05, 0.1) is 25.4 Å². The Hall–Kier alpha value is -2.44. The fraction of sp³-hybridized carbons (Fsp3) is 0.810. The van der Waals surface area contributed by atoms with Crippen LogP contribution in [0.5, 0.6) is 0 Å². The molecule has 6 heteroatoms. The highest BCUT2D eigenvalue weighted by molar-refractivity contribution is 5.76. The summed E-state index contributed by atoms with van der Waals surface area (Å²) in [5.41, 5.74) is 0. The summed E-state index contributed by atoms with van der Waals surface area (Å²) in [7, 11) is 0. The Balaban J connectivity index is 3.45. The zero-order valence-corrected chi connectivity index (χ0v) is 45.8. The molecule has 0 aromatic rings. The van der Waals surface area contributed by atoms with Gasteiger partial charge in [0.25, 0.3) is 0 Å². The van der Waals surface area contributed by atoms with Crippen molar-refractivity contribution in [3.63, 3.8) is 0 Å². The summed E-state index contributed by atoms with van der Waals surface area (Å²) in [5, 5.41) is 23.0. The lowest BCUT2D eigenvalue weighted by Gasteiger charge is -2.20. The third-order valence-corrected chi connectivity index (χ3v) is 13.5. The number of esters is 1. The number of carbonyl (C=O) groups excluding carboxylic acids is 2. The lowest BCUT2D eigenvalue weighted by atomic mass is 10.0. The van der Waals surface area contributed by atoms with Crippen molar-refractivity contribution in [1.29, 1.82) is 0 Å². The summed E-state index contributed by atoms with van der Waals surface area (Å²) in [6, 6.07) is -0.632. The number of unbranched alkanes of at least 4 members (excludes halogenated alkanes) is 36. The monoisotopic (exact) mass is 966 g/mol. The van der Waals surface area contributed by atoms with Crippen LogP contribution >= 0.6 is 0 Å². The third-order valence-electron chi connectivity index (χ3n) is 13.5. The molecule has 1 amide bonds. The molecule has 0 aliphatic rings. The van der Waals surface area contributed by atoms with E-state index in [-0.39, 0.29) is 18.5 Å². The molecule has 0 heterocycles. The lowest BCUT2D eigenvalue weighted by Crippen LogP contribution is -2.45. The minimum atomic E-state index is -0.848. The van der Waals surface area contributed by atoms with Gasteiger partial charge in [0.1, 0.15) is 0 Å². The van der Waals surface area contributed by atoms with E-state index in [4.69, 9.17) is 4.74 Å². The van der Waals surface area contributed by atoms with Crippen LogP contribution in [0.1, 0.15) is 303 Å². The van der Waals surface area contributed by atoms with Crippen molar-refractivity contribution in [2.24, 2.45) is 0 Å². The fourth-order valence-corrected chi connectivity index (χ4v) is 8.87. The minimum absolute atomic E-state index is 0.00573. The summed E-state index contributed by atoms with van der Waals surface area (Å²) < 4.78 is 5.47. The van der Waals surface area contributed by atoms with E-state index in [0.717, 1.165) is 64.2 Å². The molecule has 0 rings (SSSR count). The van der Waals surface area contributed by atoms with E-state index in [2.05, 4.69) is 67.8 Å². The maximum Gasteiger partial charge on any atom is 0.305 e. The maximum atomic E-state index is 12.4. The van der Waals surface area contributed by atoms with E-state index < -0.39 is 12.1 Å². The second kappa shape index (κ2) is 58.1. The molecule has 0 saturated heterocycles. The van der Waals surface area contributed by atoms with Gasteiger partial charge in [-0.15, -0.1) is 0 Å². The third kappa shape index (κ3) is 54.7. The molecule has 3 N–H and O–H groups in total. The number of allylic oxidation sites excluding steroid dienone is 9. The Morgan fingerprint density at radius 1 is 0.406 bits per heavy atom. The van der Waals surface area contributed by atoms with E-state index in [0.29, 0.717) is 19.4 Å². The summed E-state index contributed by atoms with van der Waals surface area (Å²) in [6.07, 6.45) is 75.4. The van der Waals surface area contributed by atoms with Crippen molar-refractivity contribution in [1.82, 2.24) is 5.32 Å². The largest absolute Gasteiger partial charge is 0.466 e. The lowest BCUT2D eigenvalue weighted by molar-refractivity contribution is -0.143. The van der Waals surface area contributed by atoms with Crippen molar-refractivity contribution in [2.45, 2.75) is 315 Å². The van der Waals surface area contributed by atoms with Crippen molar-refractivity contribution < 1.29 is 24.5 Å². The first-order valence-electron chi connectivity index (χ1n) is 30.1. The molecule has 2 atom stereocenters. The summed E-state index contributed by atoms with van der Waals surface area (Å²) in [4.78, 5) is 24.5. The molecule has 0 aliphatic heterocycles. The number of hydrogen-bond acceptors (Lipinski definition) is 5. The molecule has 402 valence electrons. The summed E-state index contributed by atoms with van der Waals surface area (Å²) in [6.45, 7) is 4.86. The molecule has 0 aliphatic carbocycles. The number of rotatable bonds is 55. The van der Waals surface area contributed by atoms with Crippen LogP contribution in [-0.4, -0.2) is 47.4 Å². The quantitative estimate of drug-likeness (QED) is 0.0321. The van der Waals surface area contributed by atoms with E-state index in [1.54, 1.807) is 6.08 Å². The highest BCUT2D eigenvalue weighted by atomic mass is 16.5. The number of aliphatic hydroxyl groups excluding tert-OH is 2. The van der Waals surface area contributed by atoms with Crippen molar-refractivity contribution in [2.75, 3.05) is 13.2 Å². The minimum Gasteiger partial charge on any atom is -0.466 e. The highest BCUT2D eigenvalue weighted by Crippen LogP contribution is 2.15. The molecule has 0 bridgehead atoms. The van der Waals surface area contributed by atoms with Gasteiger partial charge in [0.15, 0.2) is 0 Å². The van der Waals surface area contributed by atoms with Gasteiger partial charge in [-0.3, -0.25) is 9.59 Å². The predicted octanol–water partition coefficient (Wildman–Crippen LogP) is 18.7. The first kappa shape index (κ1) is 66.6. The van der Waals surface area contributed by atoms with Crippen molar-refractivity contribution in [3.8, 4) is 0 Å². The van der Waals surface area contributed by atoms with E-state index in [1.165, 1.54) is 212 Å². The van der Waals surface area contributed by atoms with Gasteiger partial charge in [-0.25, -0.2) is 0 Å². The topological polar surface area (TPSA) is 95.9 Å². The number of carbonyl (C=O) groups is 2.